The molecule has 0 heterocycles. The number of likely N-dealkylation sites (N-methyl/N-ethyl adjacent to an activating group) is 1. The highest BCUT2D eigenvalue weighted by atomic mass is 35.5. The van der Waals surface area contributed by atoms with Gasteiger partial charge in [-0.3, -0.25) is 4.79 Å². The fourth-order valence-corrected chi connectivity index (χ4v) is 3.29. The molecular formula is C18H22ClN2OS+. The van der Waals surface area contributed by atoms with Gasteiger partial charge in [0, 0.05) is 15.5 Å². The number of hydrogen-bond donors (Lipinski definition) is 2. The zero-order valence-electron chi connectivity index (χ0n) is 13.6. The van der Waals surface area contributed by atoms with Crippen LogP contribution >= 0.6 is 23.4 Å². The predicted molar refractivity (Wildman–Crippen MR) is 98.5 cm³/mol. The van der Waals surface area contributed by atoms with Crippen molar-refractivity contribution in [2.45, 2.75) is 17.9 Å². The van der Waals surface area contributed by atoms with E-state index in [1.54, 1.807) is 11.8 Å². The molecular weight excluding hydrogens is 328 g/mol. The summed E-state index contributed by atoms with van der Waals surface area (Å²) >= 11 is 7.87. The summed E-state index contributed by atoms with van der Waals surface area (Å²) in [6, 6.07) is 15.8. The van der Waals surface area contributed by atoms with Crippen molar-refractivity contribution in [3.63, 3.8) is 0 Å². The predicted octanol–water partition coefficient (Wildman–Crippen LogP) is 3.28. The molecule has 2 aromatic carbocycles. The molecule has 0 aliphatic heterocycles. The highest BCUT2D eigenvalue weighted by Gasteiger charge is 2.20. The molecule has 0 aliphatic carbocycles. The quantitative estimate of drug-likeness (QED) is 0.785. The summed E-state index contributed by atoms with van der Waals surface area (Å²) in [7, 11) is 2.01. The molecule has 3 nitrogen and oxygen atoms in total. The third-order valence-electron chi connectivity index (χ3n) is 3.93. The number of nitrogens with one attached hydrogen (secondary N) is 2. The van der Waals surface area contributed by atoms with E-state index in [9.17, 15) is 4.79 Å². The van der Waals surface area contributed by atoms with Gasteiger partial charge in [-0.15, -0.1) is 11.8 Å². The van der Waals surface area contributed by atoms with E-state index in [1.165, 1.54) is 0 Å². The number of amides is 1. The lowest BCUT2D eigenvalue weighted by atomic mass is 10.1. The maximum absolute atomic E-state index is 12.3. The number of carbonyl (C=O) groups is 1. The van der Waals surface area contributed by atoms with Crippen LogP contribution in [0.3, 0.4) is 0 Å². The van der Waals surface area contributed by atoms with Crippen LogP contribution in [0.15, 0.2) is 53.4 Å². The molecule has 0 fully saturated rings. The van der Waals surface area contributed by atoms with Crippen molar-refractivity contribution in [3.05, 3.63) is 59.1 Å². The van der Waals surface area contributed by atoms with Gasteiger partial charge in [0.05, 0.1) is 12.7 Å². The van der Waals surface area contributed by atoms with Crippen molar-refractivity contribution in [1.29, 1.82) is 0 Å². The van der Waals surface area contributed by atoms with Crippen molar-refractivity contribution in [2.24, 2.45) is 0 Å². The zero-order chi connectivity index (χ0) is 16.8. The lowest BCUT2D eigenvalue weighted by Gasteiger charge is -2.22. The van der Waals surface area contributed by atoms with Gasteiger partial charge in [0.1, 0.15) is 6.04 Å². The minimum Gasteiger partial charge on any atom is -0.324 e. The lowest BCUT2D eigenvalue weighted by Crippen LogP contribution is -3.10. The number of quaternary nitrogens is 1. The largest absolute Gasteiger partial charge is 0.324 e. The summed E-state index contributed by atoms with van der Waals surface area (Å²) in [5.74, 6) is 0.00269. The first-order chi connectivity index (χ1) is 11.0. The Labute approximate surface area is 147 Å². The van der Waals surface area contributed by atoms with E-state index in [1.807, 2.05) is 61.8 Å². The van der Waals surface area contributed by atoms with Crippen LogP contribution in [0.4, 0.5) is 5.69 Å². The lowest BCUT2D eigenvalue weighted by molar-refractivity contribution is -0.902. The maximum Gasteiger partial charge on any atom is 0.279 e. The minimum atomic E-state index is 0.00269. The van der Waals surface area contributed by atoms with E-state index in [-0.39, 0.29) is 11.9 Å². The summed E-state index contributed by atoms with van der Waals surface area (Å²) in [4.78, 5) is 14.5. The molecule has 2 rings (SSSR count). The molecule has 2 N–H and O–H groups in total. The summed E-state index contributed by atoms with van der Waals surface area (Å²) in [6.07, 6.45) is 2.00. The first kappa shape index (κ1) is 17.9. The van der Waals surface area contributed by atoms with Crippen molar-refractivity contribution >= 4 is 35.0 Å². The first-order valence-corrected chi connectivity index (χ1v) is 9.12. The minimum absolute atomic E-state index is 0.00269. The van der Waals surface area contributed by atoms with Gasteiger partial charge in [0.25, 0.3) is 5.91 Å². The number of anilines is 1. The number of carbonyl (C=O) groups excluding carboxylic acids is 1. The monoisotopic (exact) mass is 349 g/mol. The first-order valence-electron chi connectivity index (χ1n) is 7.52. The molecule has 122 valence electrons. The Morgan fingerprint density at radius 2 is 1.87 bits per heavy atom. The molecule has 2 aromatic rings. The molecule has 0 aromatic heterocycles. The van der Waals surface area contributed by atoms with Crippen LogP contribution in [0.25, 0.3) is 0 Å². The summed E-state index contributed by atoms with van der Waals surface area (Å²) in [5, 5.41) is 3.74. The second-order valence-corrected chi connectivity index (χ2v) is 6.77. The van der Waals surface area contributed by atoms with Gasteiger partial charge in [-0.05, 0) is 31.4 Å². The van der Waals surface area contributed by atoms with Crippen molar-refractivity contribution in [1.82, 2.24) is 0 Å². The number of benzene rings is 2. The molecule has 1 unspecified atom stereocenters. The molecule has 0 radical (unpaired) electrons. The van der Waals surface area contributed by atoms with Gasteiger partial charge in [-0.25, -0.2) is 0 Å². The van der Waals surface area contributed by atoms with Crippen LogP contribution in [0.1, 0.15) is 18.5 Å². The molecule has 2 atom stereocenters. The van der Waals surface area contributed by atoms with Gasteiger partial charge in [0.2, 0.25) is 0 Å². The Bertz CT molecular complexity index is 678. The number of halogens is 1. The second-order valence-electron chi connectivity index (χ2n) is 5.51. The molecule has 5 heteroatoms. The van der Waals surface area contributed by atoms with Gasteiger partial charge < -0.3 is 10.2 Å². The highest BCUT2D eigenvalue weighted by molar-refractivity contribution is 7.98. The van der Waals surface area contributed by atoms with E-state index >= 15 is 0 Å². The fraction of sp³-hybridized carbons (Fsp3) is 0.278. The van der Waals surface area contributed by atoms with Crippen LogP contribution < -0.4 is 10.2 Å². The van der Waals surface area contributed by atoms with E-state index < -0.39 is 0 Å². The van der Waals surface area contributed by atoms with Crippen molar-refractivity contribution < 1.29 is 9.69 Å². The maximum atomic E-state index is 12.3. The average molecular weight is 350 g/mol. The molecule has 0 saturated heterocycles. The standard InChI is InChI=1S/C18H21ClN2OS/c1-13(14-8-4-5-9-15(14)19)21(2)12-18(22)20-16-10-6-7-11-17(16)23-3/h4-11,13H,12H2,1-3H3,(H,20,22)/p+1/t13-/m0/s1. The Hall–Kier alpha value is -1.49. The van der Waals surface area contributed by atoms with E-state index in [4.69, 9.17) is 11.6 Å². The molecule has 0 bridgehead atoms. The normalized spacial score (nSPS) is 13.4. The van der Waals surface area contributed by atoms with Crippen LogP contribution in [-0.2, 0) is 4.79 Å². The third-order valence-corrected chi connectivity index (χ3v) is 5.07. The summed E-state index contributed by atoms with van der Waals surface area (Å²) < 4.78 is 0. The molecule has 0 spiro atoms. The summed E-state index contributed by atoms with van der Waals surface area (Å²) in [5.41, 5.74) is 1.92. The van der Waals surface area contributed by atoms with Gasteiger partial charge >= 0.3 is 0 Å². The Kier molecular flexibility index (Phi) is 6.51. The number of para-hydroxylation sites is 1. The topological polar surface area (TPSA) is 33.5 Å². The number of hydrogen-bond acceptors (Lipinski definition) is 2. The molecule has 0 saturated carbocycles. The SMILES string of the molecule is CSc1ccccc1NC(=O)C[NH+](C)[C@@H](C)c1ccccc1Cl. The molecule has 1 amide bonds. The van der Waals surface area contributed by atoms with Crippen molar-refractivity contribution in [2.75, 3.05) is 25.2 Å². The van der Waals surface area contributed by atoms with Gasteiger partial charge in [-0.1, -0.05) is 41.9 Å². The average Bonchev–Trinajstić information content (AvgIpc) is 2.55. The van der Waals surface area contributed by atoms with Gasteiger partial charge in [0.15, 0.2) is 6.54 Å². The van der Waals surface area contributed by atoms with Gasteiger partial charge in [-0.2, -0.15) is 0 Å². The number of thioether (sulfide) groups is 1. The Morgan fingerprint density at radius 1 is 1.22 bits per heavy atom. The summed E-state index contributed by atoms with van der Waals surface area (Å²) in [6.45, 7) is 2.47. The van der Waals surface area contributed by atoms with E-state index in [0.717, 1.165) is 26.1 Å². The van der Waals surface area contributed by atoms with Crippen LogP contribution in [-0.4, -0.2) is 25.8 Å². The fourth-order valence-electron chi connectivity index (χ4n) is 2.44. The smallest absolute Gasteiger partial charge is 0.279 e. The highest BCUT2D eigenvalue weighted by Crippen LogP contribution is 2.24. The van der Waals surface area contributed by atoms with Crippen LogP contribution in [0.2, 0.25) is 5.02 Å². The van der Waals surface area contributed by atoms with Crippen molar-refractivity contribution in [3.8, 4) is 0 Å². The second kappa shape index (κ2) is 8.39. The van der Waals surface area contributed by atoms with Crippen LogP contribution in [0.5, 0.6) is 0 Å². The van der Waals surface area contributed by atoms with Crippen LogP contribution in [0, 0.1) is 0 Å². The molecule has 23 heavy (non-hydrogen) atoms. The zero-order valence-corrected chi connectivity index (χ0v) is 15.2. The van der Waals surface area contributed by atoms with E-state index in [0.29, 0.717) is 6.54 Å². The Morgan fingerprint density at radius 3 is 2.57 bits per heavy atom. The Balaban J connectivity index is 2.01. The number of rotatable bonds is 6. The molecule has 0 aliphatic rings. The third kappa shape index (κ3) is 4.74. The van der Waals surface area contributed by atoms with E-state index in [2.05, 4.69) is 12.2 Å².